The monoisotopic (exact) mass is 315 g/mol. The molecule has 0 radical (unpaired) electrons. The molecule has 3 aromatic rings. The van der Waals surface area contributed by atoms with E-state index in [1.807, 2.05) is 43.3 Å². The SMILES string of the molecule is Cc1cc(C=O)c2nc(Cl)c(-c3ccccc3)c(Cl)c2c1. The Labute approximate surface area is 132 Å². The minimum atomic E-state index is 0.297. The van der Waals surface area contributed by atoms with Crippen LogP contribution in [-0.2, 0) is 0 Å². The number of pyridine rings is 1. The van der Waals surface area contributed by atoms with Gasteiger partial charge in [0, 0.05) is 16.5 Å². The quantitative estimate of drug-likeness (QED) is 0.472. The van der Waals surface area contributed by atoms with Crippen molar-refractivity contribution in [2.24, 2.45) is 0 Å². The normalized spacial score (nSPS) is 10.8. The first kappa shape index (κ1) is 14.1. The molecule has 2 aromatic carbocycles. The maximum absolute atomic E-state index is 11.2. The topological polar surface area (TPSA) is 30.0 Å². The van der Waals surface area contributed by atoms with Gasteiger partial charge in [0.05, 0.1) is 10.5 Å². The van der Waals surface area contributed by atoms with Crippen molar-refractivity contribution in [3.05, 3.63) is 63.8 Å². The number of aromatic nitrogens is 1. The summed E-state index contributed by atoms with van der Waals surface area (Å²) in [6.45, 7) is 1.92. The van der Waals surface area contributed by atoms with Gasteiger partial charge in [-0.15, -0.1) is 0 Å². The summed E-state index contributed by atoms with van der Waals surface area (Å²) in [5.41, 5.74) is 3.57. The summed E-state index contributed by atoms with van der Waals surface area (Å²) >= 11 is 12.8. The van der Waals surface area contributed by atoms with Gasteiger partial charge in [0.2, 0.25) is 0 Å². The Bertz CT molecular complexity index is 845. The third kappa shape index (κ3) is 2.41. The van der Waals surface area contributed by atoms with Crippen LogP contribution >= 0.6 is 23.2 Å². The molecular weight excluding hydrogens is 305 g/mol. The average Bonchev–Trinajstić information content (AvgIpc) is 2.49. The van der Waals surface area contributed by atoms with Gasteiger partial charge in [-0.05, 0) is 30.2 Å². The molecule has 4 heteroatoms. The van der Waals surface area contributed by atoms with Crippen LogP contribution in [0.3, 0.4) is 0 Å². The summed E-state index contributed by atoms with van der Waals surface area (Å²) < 4.78 is 0. The molecule has 1 aromatic heterocycles. The zero-order valence-corrected chi connectivity index (χ0v) is 12.7. The molecule has 0 bridgehead atoms. The molecule has 21 heavy (non-hydrogen) atoms. The van der Waals surface area contributed by atoms with E-state index in [1.54, 1.807) is 6.07 Å². The molecule has 0 aliphatic heterocycles. The first-order chi connectivity index (χ1) is 10.1. The molecule has 0 saturated heterocycles. The smallest absolute Gasteiger partial charge is 0.152 e. The molecule has 0 N–H and O–H groups in total. The number of carbonyl (C=O) groups excluding carboxylic acids is 1. The van der Waals surface area contributed by atoms with Crippen molar-refractivity contribution in [1.29, 1.82) is 0 Å². The van der Waals surface area contributed by atoms with Gasteiger partial charge in [-0.1, -0.05) is 53.5 Å². The number of aldehydes is 1. The molecule has 3 rings (SSSR count). The lowest BCUT2D eigenvalue weighted by Gasteiger charge is -2.11. The van der Waals surface area contributed by atoms with Crippen molar-refractivity contribution in [1.82, 2.24) is 4.98 Å². The van der Waals surface area contributed by atoms with Gasteiger partial charge in [-0.3, -0.25) is 4.79 Å². The van der Waals surface area contributed by atoms with E-state index in [0.717, 1.165) is 22.8 Å². The predicted molar refractivity (Wildman–Crippen MR) is 87.3 cm³/mol. The minimum Gasteiger partial charge on any atom is -0.298 e. The van der Waals surface area contributed by atoms with Crippen molar-refractivity contribution >= 4 is 40.4 Å². The van der Waals surface area contributed by atoms with Crippen molar-refractivity contribution in [2.75, 3.05) is 0 Å². The van der Waals surface area contributed by atoms with E-state index in [9.17, 15) is 4.79 Å². The van der Waals surface area contributed by atoms with E-state index >= 15 is 0 Å². The summed E-state index contributed by atoms with van der Waals surface area (Å²) in [5.74, 6) is 0. The van der Waals surface area contributed by atoms with E-state index in [-0.39, 0.29) is 0 Å². The Morgan fingerprint density at radius 3 is 2.48 bits per heavy atom. The molecule has 0 aliphatic carbocycles. The fourth-order valence-electron chi connectivity index (χ4n) is 2.42. The molecule has 0 saturated carbocycles. The minimum absolute atomic E-state index is 0.297. The van der Waals surface area contributed by atoms with Gasteiger partial charge in [0.25, 0.3) is 0 Å². The Kier molecular flexibility index (Phi) is 3.66. The van der Waals surface area contributed by atoms with Crippen molar-refractivity contribution in [3.8, 4) is 11.1 Å². The lowest BCUT2D eigenvalue weighted by atomic mass is 10.0. The number of carbonyl (C=O) groups is 1. The number of hydrogen-bond acceptors (Lipinski definition) is 2. The van der Waals surface area contributed by atoms with Crippen LogP contribution in [0.4, 0.5) is 0 Å². The summed E-state index contributed by atoms with van der Waals surface area (Å²) in [6, 6.07) is 13.3. The molecular formula is C17H11Cl2NO. The zero-order chi connectivity index (χ0) is 15.0. The van der Waals surface area contributed by atoms with Crippen molar-refractivity contribution in [3.63, 3.8) is 0 Å². The highest BCUT2D eigenvalue weighted by molar-refractivity contribution is 6.42. The van der Waals surface area contributed by atoms with Gasteiger partial charge in [-0.25, -0.2) is 4.98 Å². The van der Waals surface area contributed by atoms with Crippen LogP contribution in [0.5, 0.6) is 0 Å². The number of hydrogen-bond donors (Lipinski definition) is 0. The first-order valence-corrected chi connectivity index (χ1v) is 7.17. The second-order valence-electron chi connectivity index (χ2n) is 4.83. The van der Waals surface area contributed by atoms with Gasteiger partial charge in [0.1, 0.15) is 5.15 Å². The van der Waals surface area contributed by atoms with Crippen LogP contribution < -0.4 is 0 Å². The number of fused-ring (bicyclic) bond motifs is 1. The summed E-state index contributed by atoms with van der Waals surface area (Å²) in [5, 5.41) is 1.55. The van der Waals surface area contributed by atoms with Crippen LogP contribution in [0.25, 0.3) is 22.0 Å². The Hall–Kier alpha value is -1.90. The van der Waals surface area contributed by atoms with Crippen LogP contribution in [0, 0.1) is 6.92 Å². The highest BCUT2D eigenvalue weighted by Crippen LogP contribution is 2.39. The maximum Gasteiger partial charge on any atom is 0.152 e. The molecule has 0 unspecified atom stereocenters. The molecule has 0 aliphatic rings. The van der Waals surface area contributed by atoms with Crippen LogP contribution in [0.2, 0.25) is 10.2 Å². The van der Waals surface area contributed by atoms with Crippen molar-refractivity contribution < 1.29 is 4.79 Å². The molecule has 0 fully saturated rings. The number of aryl methyl sites for hydroxylation is 1. The van der Waals surface area contributed by atoms with Crippen molar-refractivity contribution in [2.45, 2.75) is 6.92 Å². The van der Waals surface area contributed by atoms with Gasteiger partial charge in [0.15, 0.2) is 6.29 Å². The third-order valence-electron chi connectivity index (χ3n) is 3.35. The fraction of sp³-hybridized carbons (Fsp3) is 0.0588. The largest absolute Gasteiger partial charge is 0.298 e. The zero-order valence-electron chi connectivity index (χ0n) is 11.2. The van der Waals surface area contributed by atoms with Gasteiger partial charge >= 0.3 is 0 Å². The van der Waals surface area contributed by atoms with Crippen LogP contribution in [-0.4, -0.2) is 11.3 Å². The Morgan fingerprint density at radius 2 is 1.81 bits per heavy atom. The van der Waals surface area contributed by atoms with E-state index in [1.165, 1.54) is 0 Å². The number of benzene rings is 2. The molecule has 0 atom stereocenters. The number of rotatable bonds is 2. The number of nitrogens with zero attached hydrogens (tertiary/aromatic N) is 1. The molecule has 104 valence electrons. The first-order valence-electron chi connectivity index (χ1n) is 6.41. The second kappa shape index (κ2) is 5.47. The highest BCUT2D eigenvalue weighted by Gasteiger charge is 2.16. The standard InChI is InChI=1S/C17H11Cl2NO/c1-10-7-12(9-21)16-13(8-10)15(18)14(17(19)20-16)11-5-3-2-4-6-11/h2-9H,1H3. The highest BCUT2D eigenvalue weighted by atomic mass is 35.5. The molecule has 1 heterocycles. The van der Waals surface area contributed by atoms with E-state index in [4.69, 9.17) is 23.2 Å². The lowest BCUT2D eigenvalue weighted by molar-refractivity contribution is 0.112. The third-order valence-corrected chi connectivity index (χ3v) is 4.01. The van der Waals surface area contributed by atoms with E-state index in [0.29, 0.717) is 26.8 Å². The summed E-state index contributed by atoms with van der Waals surface area (Å²) in [7, 11) is 0. The lowest BCUT2D eigenvalue weighted by Crippen LogP contribution is -1.94. The van der Waals surface area contributed by atoms with E-state index < -0.39 is 0 Å². The summed E-state index contributed by atoms with van der Waals surface area (Å²) in [6.07, 6.45) is 0.775. The second-order valence-corrected chi connectivity index (χ2v) is 5.56. The number of halogens is 2. The molecule has 2 nitrogen and oxygen atoms in total. The Morgan fingerprint density at radius 1 is 1.10 bits per heavy atom. The summed E-state index contributed by atoms with van der Waals surface area (Å²) in [4.78, 5) is 15.6. The molecule has 0 spiro atoms. The van der Waals surface area contributed by atoms with Gasteiger partial charge in [-0.2, -0.15) is 0 Å². The maximum atomic E-state index is 11.2. The van der Waals surface area contributed by atoms with Crippen LogP contribution in [0.15, 0.2) is 42.5 Å². The van der Waals surface area contributed by atoms with Gasteiger partial charge < -0.3 is 0 Å². The predicted octanol–water partition coefficient (Wildman–Crippen LogP) is 5.33. The van der Waals surface area contributed by atoms with Crippen LogP contribution in [0.1, 0.15) is 15.9 Å². The Balaban J connectivity index is 2.42. The van der Waals surface area contributed by atoms with E-state index in [2.05, 4.69) is 4.98 Å². The fourth-order valence-corrected chi connectivity index (χ4v) is 3.10. The molecule has 0 amide bonds. The average molecular weight is 316 g/mol.